The lowest BCUT2D eigenvalue weighted by Crippen LogP contribution is -2.33. The van der Waals surface area contributed by atoms with Crippen LogP contribution in [0.4, 0.5) is 11.6 Å². The molecule has 1 saturated carbocycles. The summed E-state index contributed by atoms with van der Waals surface area (Å²) in [5.74, 6) is 0.312. The number of nitrogens with two attached hydrogens (primary N) is 1. The molecule has 1 fully saturated rings. The highest BCUT2D eigenvalue weighted by Gasteiger charge is 2.17. The zero-order valence-electron chi connectivity index (χ0n) is 22.4. The van der Waals surface area contributed by atoms with E-state index in [1.807, 2.05) is 18.2 Å². The van der Waals surface area contributed by atoms with Crippen molar-refractivity contribution >= 4 is 40.4 Å². The highest BCUT2D eigenvalue weighted by molar-refractivity contribution is 6.05. The Kier molecular flexibility index (Phi) is 8.61. The average Bonchev–Trinajstić information content (AvgIpc) is 3.67. The van der Waals surface area contributed by atoms with E-state index in [-0.39, 0.29) is 11.8 Å². The second-order valence-electron chi connectivity index (χ2n) is 9.77. The first-order valence-electron chi connectivity index (χ1n) is 13.5. The molecular weight excluding hydrogens is 520 g/mol. The standard InChI is InChI=1S/C30H30N8O3/c31-17-19-11-13-33-24(16-19)36-30(40)21-9-7-20(8-10-21)27-26-28(38-37-27)22(18-34-29(26)32)4-3-14-41-15-12-25(39)35-23-5-1-2-6-23/h3-4,7-11,13,16,18,23H,1-2,5-6,12,14-15H2,(H2,32,34)(H,35,39)(H,37,38)(H,33,36,40)/b4-3+. The van der Waals surface area contributed by atoms with Gasteiger partial charge in [0, 0.05) is 41.5 Å². The number of carbonyl (C=O) groups is 2. The molecular formula is C30H30N8O3. The molecule has 0 saturated heterocycles. The molecule has 1 aliphatic rings. The van der Waals surface area contributed by atoms with E-state index >= 15 is 0 Å². The second kappa shape index (κ2) is 12.8. The number of rotatable bonds is 10. The van der Waals surface area contributed by atoms with Crippen molar-refractivity contribution in [3.8, 4) is 17.3 Å². The Bertz CT molecular complexity index is 1620. The Labute approximate surface area is 236 Å². The third-order valence-electron chi connectivity index (χ3n) is 6.91. The van der Waals surface area contributed by atoms with Gasteiger partial charge in [-0.05, 0) is 37.1 Å². The predicted octanol–water partition coefficient (Wildman–Crippen LogP) is 4.20. The molecule has 0 atom stereocenters. The lowest BCUT2D eigenvalue weighted by atomic mass is 10.0. The zero-order chi connectivity index (χ0) is 28.6. The van der Waals surface area contributed by atoms with Crippen LogP contribution in [0.3, 0.4) is 0 Å². The largest absolute Gasteiger partial charge is 0.383 e. The van der Waals surface area contributed by atoms with E-state index in [1.165, 1.54) is 25.1 Å². The number of carbonyl (C=O) groups excluding carboxylic acids is 2. The van der Waals surface area contributed by atoms with Gasteiger partial charge in [-0.15, -0.1) is 0 Å². The maximum absolute atomic E-state index is 12.7. The fraction of sp³-hybridized carbons (Fsp3) is 0.267. The molecule has 41 heavy (non-hydrogen) atoms. The number of fused-ring (bicyclic) bond motifs is 1. The molecule has 0 radical (unpaired) electrons. The van der Waals surface area contributed by atoms with Gasteiger partial charge in [-0.3, -0.25) is 14.7 Å². The maximum Gasteiger partial charge on any atom is 0.256 e. The molecule has 5 rings (SSSR count). The summed E-state index contributed by atoms with van der Waals surface area (Å²) in [6, 6.07) is 12.4. The number of aromatic nitrogens is 4. The molecule has 208 valence electrons. The zero-order valence-corrected chi connectivity index (χ0v) is 22.4. The highest BCUT2D eigenvalue weighted by Crippen LogP contribution is 2.32. The van der Waals surface area contributed by atoms with Gasteiger partial charge in [0.25, 0.3) is 5.91 Å². The summed E-state index contributed by atoms with van der Waals surface area (Å²) in [6.07, 6.45) is 11.7. The number of benzene rings is 1. The number of pyridine rings is 2. The van der Waals surface area contributed by atoms with Crippen molar-refractivity contribution in [3.05, 3.63) is 71.6 Å². The summed E-state index contributed by atoms with van der Waals surface area (Å²) < 4.78 is 5.61. The van der Waals surface area contributed by atoms with Crippen molar-refractivity contribution in [1.82, 2.24) is 25.5 Å². The van der Waals surface area contributed by atoms with Crippen LogP contribution in [0.5, 0.6) is 0 Å². The van der Waals surface area contributed by atoms with Crippen LogP contribution in [0.15, 0.2) is 54.9 Å². The lowest BCUT2D eigenvalue weighted by molar-refractivity contribution is -0.122. The number of hydrogen-bond donors (Lipinski definition) is 4. The summed E-state index contributed by atoms with van der Waals surface area (Å²) in [5, 5.41) is 23.0. The molecule has 0 unspecified atom stereocenters. The van der Waals surface area contributed by atoms with Gasteiger partial charge in [0.15, 0.2) is 0 Å². The van der Waals surface area contributed by atoms with Crippen molar-refractivity contribution in [2.75, 3.05) is 24.3 Å². The first-order valence-corrected chi connectivity index (χ1v) is 13.5. The van der Waals surface area contributed by atoms with Crippen molar-refractivity contribution in [1.29, 1.82) is 5.26 Å². The van der Waals surface area contributed by atoms with Crippen LogP contribution in [0, 0.1) is 11.3 Å². The highest BCUT2D eigenvalue weighted by atomic mass is 16.5. The SMILES string of the molecule is N#Cc1ccnc(NC(=O)c2ccc(-c3[nH]nc4c(/C=C/COCCC(=O)NC5CCCC5)cnc(N)c34)cc2)c1. The Balaban J connectivity index is 1.21. The van der Waals surface area contributed by atoms with E-state index in [0.717, 1.165) is 24.0 Å². The van der Waals surface area contributed by atoms with Crippen LogP contribution < -0.4 is 16.4 Å². The number of H-pyrrole nitrogens is 1. The fourth-order valence-electron chi connectivity index (χ4n) is 4.80. The van der Waals surface area contributed by atoms with Gasteiger partial charge >= 0.3 is 0 Å². The lowest BCUT2D eigenvalue weighted by Gasteiger charge is -2.11. The normalized spacial score (nSPS) is 13.4. The fourth-order valence-corrected chi connectivity index (χ4v) is 4.80. The molecule has 3 aromatic heterocycles. The first kappa shape index (κ1) is 27.5. The molecule has 4 aromatic rings. The smallest absolute Gasteiger partial charge is 0.256 e. The van der Waals surface area contributed by atoms with Gasteiger partial charge in [-0.1, -0.05) is 37.1 Å². The summed E-state index contributed by atoms with van der Waals surface area (Å²) in [5.41, 5.74) is 9.94. The van der Waals surface area contributed by atoms with Gasteiger partial charge in [0.1, 0.15) is 17.2 Å². The number of anilines is 2. The number of amides is 2. The summed E-state index contributed by atoms with van der Waals surface area (Å²) in [6.45, 7) is 0.696. The first-order chi connectivity index (χ1) is 20.0. The van der Waals surface area contributed by atoms with Crippen LogP contribution in [0.25, 0.3) is 28.2 Å². The van der Waals surface area contributed by atoms with E-state index in [1.54, 1.807) is 36.5 Å². The van der Waals surface area contributed by atoms with Gasteiger partial charge in [-0.2, -0.15) is 10.4 Å². The van der Waals surface area contributed by atoms with Crippen molar-refractivity contribution in [2.45, 2.75) is 38.1 Å². The van der Waals surface area contributed by atoms with Crippen LogP contribution >= 0.6 is 0 Å². The van der Waals surface area contributed by atoms with Crippen LogP contribution in [0.2, 0.25) is 0 Å². The van der Waals surface area contributed by atoms with E-state index in [9.17, 15) is 9.59 Å². The van der Waals surface area contributed by atoms with Gasteiger partial charge in [0.2, 0.25) is 5.91 Å². The molecule has 0 aliphatic heterocycles. The van der Waals surface area contributed by atoms with Crippen LogP contribution in [0.1, 0.15) is 53.6 Å². The minimum atomic E-state index is -0.348. The summed E-state index contributed by atoms with van der Waals surface area (Å²) in [7, 11) is 0. The number of nitrogens with zero attached hydrogens (tertiary/aromatic N) is 4. The third kappa shape index (κ3) is 6.74. The number of ether oxygens (including phenoxy) is 1. The molecule has 0 bridgehead atoms. The number of nitrogens with one attached hydrogen (secondary N) is 3. The van der Waals surface area contributed by atoms with Crippen LogP contribution in [-0.2, 0) is 9.53 Å². The molecule has 3 heterocycles. The maximum atomic E-state index is 12.7. The minimum absolute atomic E-state index is 0.0328. The Morgan fingerprint density at radius 3 is 2.76 bits per heavy atom. The van der Waals surface area contributed by atoms with Crippen molar-refractivity contribution in [3.63, 3.8) is 0 Å². The van der Waals surface area contributed by atoms with Gasteiger partial charge in [0.05, 0.1) is 35.9 Å². The topological polar surface area (TPSA) is 172 Å². The number of nitrogen functional groups attached to an aromatic ring is 1. The number of hydrogen-bond acceptors (Lipinski definition) is 8. The monoisotopic (exact) mass is 550 g/mol. The molecule has 11 heteroatoms. The van der Waals surface area contributed by atoms with Crippen molar-refractivity contribution < 1.29 is 14.3 Å². The molecule has 0 spiro atoms. The average molecular weight is 551 g/mol. The molecule has 5 N–H and O–H groups in total. The summed E-state index contributed by atoms with van der Waals surface area (Å²) in [4.78, 5) is 33.1. The molecule has 1 aliphatic carbocycles. The van der Waals surface area contributed by atoms with Crippen LogP contribution in [-0.4, -0.2) is 51.2 Å². The minimum Gasteiger partial charge on any atom is -0.383 e. The van der Waals surface area contributed by atoms with E-state index in [4.69, 9.17) is 15.7 Å². The quantitative estimate of drug-likeness (QED) is 0.213. The number of nitriles is 1. The molecule has 1 aromatic carbocycles. The Morgan fingerprint density at radius 2 is 1.98 bits per heavy atom. The van der Waals surface area contributed by atoms with E-state index in [0.29, 0.717) is 65.0 Å². The second-order valence-corrected chi connectivity index (χ2v) is 9.77. The molecule has 11 nitrogen and oxygen atoms in total. The van der Waals surface area contributed by atoms with Gasteiger partial charge in [-0.25, -0.2) is 9.97 Å². The van der Waals surface area contributed by atoms with Gasteiger partial charge < -0.3 is 21.1 Å². The number of aromatic amines is 1. The Hall–Kier alpha value is -5.08. The van der Waals surface area contributed by atoms with Crippen molar-refractivity contribution in [2.24, 2.45) is 0 Å². The molecule has 2 amide bonds. The predicted molar refractivity (Wildman–Crippen MR) is 156 cm³/mol. The summed E-state index contributed by atoms with van der Waals surface area (Å²) >= 11 is 0. The Morgan fingerprint density at radius 1 is 1.17 bits per heavy atom. The van der Waals surface area contributed by atoms with E-state index < -0.39 is 0 Å². The third-order valence-corrected chi connectivity index (χ3v) is 6.91. The van der Waals surface area contributed by atoms with E-state index in [2.05, 4.69) is 30.8 Å².